The predicted octanol–water partition coefficient (Wildman–Crippen LogP) is 3.73. The third-order valence-corrected chi connectivity index (χ3v) is 4.31. The number of rotatable bonds is 10. The normalized spacial score (nSPS) is 10.5. The SMILES string of the molecule is COc1ccc(OC(C)=O)c(/C=N\NC(=O)COc2ccc(OCc3ccccc3)cc2)c1. The van der Waals surface area contributed by atoms with Crippen molar-refractivity contribution in [2.24, 2.45) is 5.10 Å². The molecule has 0 heterocycles. The molecule has 0 atom stereocenters. The highest BCUT2D eigenvalue weighted by Crippen LogP contribution is 2.23. The molecule has 0 saturated heterocycles. The van der Waals surface area contributed by atoms with E-state index in [1.165, 1.54) is 20.2 Å². The van der Waals surface area contributed by atoms with E-state index in [0.717, 1.165) is 5.56 Å². The molecule has 33 heavy (non-hydrogen) atoms. The van der Waals surface area contributed by atoms with Gasteiger partial charge in [-0.3, -0.25) is 9.59 Å². The van der Waals surface area contributed by atoms with Gasteiger partial charge in [0.05, 0.1) is 13.3 Å². The molecule has 0 bridgehead atoms. The minimum atomic E-state index is -0.469. The molecule has 0 spiro atoms. The number of carbonyl (C=O) groups is 2. The van der Waals surface area contributed by atoms with Crippen molar-refractivity contribution in [3.05, 3.63) is 83.9 Å². The zero-order valence-corrected chi connectivity index (χ0v) is 18.3. The van der Waals surface area contributed by atoms with Crippen LogP contribution in [0.25, 0.3) is 0 Å². The Balaban J connectivity index is 1.47. The van der Waals surface area contributed by atoms with Crippen molar-refractivity contribution in [3.63, 3.8) is 0 Å². The number of hydrazone groups is 1. The number of hydrogen-bond acceptors (Lipinski definition) is 7. The fourth-order valence-electron chi connectivity index (χ4n) is 2.73. The van der Waals surface area contributed by atoms with E-state index < -0.39 is 11.9 Å². The average molecular weight is 448 g/mol. The van der Waals surface area contributed by atoms with Crippen LogP contribution in [-0.2, 0) is 16.2 Å². The Hall–Kier alpha value is -4.33. The lowest BCUT2D eigenvalue weighted by molar-refractivity contribution is -0.132. The molecule has 8 nitrogen and oxygen atoms in total. The van der Waals surface area contributed by atoms with Gasteiger partial charge in [0.1, 0.15) is 29.6 Å². The Morgan fingerprint density at radius 2 is 1.58 bits per heavy atom. The number of nitrogens with zero attached hydrogens (tertiary/aromatic N) is 1. The number of amides is 1. The van der Waals surface area contributed by atoms with Gasteiger partial charge in [-0.25, -0.2) is 5.43 Å². The smallest absolute Gasteiger partial charge is 0.308 e. The first kappa shape index (κ1) is 23.3. The Labute approximate surface area is 191 Å². The first-order valence-electron chi connectivity index (χ1n) is 10.1. The lowest BCUT2D eigenvalue weighted by Crippen LogP contribution is -2.24. The molecular formula is C25H24N2O6. The zero-order valence-electron chi connectivity index (χ0n) is 18.3. The second kappa shape index (κ2) is 11.9. The van der Waals surface area contributed by atoms with Crippen molar-refractivity contribution in [2.45, 2.75) is 13.5 Å². The summed E-state index contributed by atoms with van der Waals surface area (Å²) in [7, 11) is 1.52. The predicted molar refractivity (Wildman–Crippen MR) is 123 cm³/mol. The largest absolute Gasteiger partial charge is 0.497 e. The summed E-state index contributed by atoms with van der Waals surface area (Å²) in [6.45, 7) is 1.54. The van der Waals surface area contributed by atoms with Gasteiger partial charge in [-0.2, -0.15) is 5.10 Å². The maximum atomic E-state index is 12.0. The molecule has 0 saturated carbocycles. The van der Waals surface area contributed by atoms with Crippen LogP contribution in [0.2, 0.25) is 0 Å². The van der Waals surface area contributed by atoms with Crippen LogP contribution in [0.15, 0.2) is 77.9 Å². The van der Waals surface area contributed by atoms with Crippen LogP contribution in [0.5, 0.6) is 23.0 Å². The summed E-state index contributed by atoms with van der Waals surface area (Å²) in [5.74, 6) is 1.15. The Kier molecular flexibility index (Phi) is 8.41. The van der Waals surface area contributed by atoms with Crippen LogP contribution in [0.3, 0.4) is 0 Å². The number of nitrogens with one attached hydrogen (secondary N) is 1. The molecule has 0 unspecified atom stereocenters. The van der Waals surface area contributed by atoms with E-state index in [0.29, 0.717) is 35.2 Å². The van der Waals surface area contributed by atoms with Gasteiger partial charge < -0.3 is 18.9 Å². The fraction of sp³-hybridized carbons (Fsp3) is 0.160. The monoisotopic (exact) mass is 448 g/mol. The molecule has 170 valence electrons. The standard InChI is InChI=1S/C25H24N2O6/c1-18(28)33-24-13-12-23(30-2)14-20(24)15-26-27-25(29)17-32-22-10-8-21(9-11-22)31-16-19-6-4-3-5-7-19/h3-15H,16-17H2,1-2H3,(H,27,29)/b26-15-. The quantitative estimate of drug-likeness (QED) is 0.220. The minimum absolute atomic E-state index is 0.226. The van der Waals surface area contributed by atoms with Gasteiger partial charge in [-0.15, -0.1) is 0 Å². The molecule has 0 aromatic heterocycles. The summed E-state index contributed by atoms with van der Waals surface area (Å²) < 4.78 is 21.5. The summed E-state index contributed by atoms with van der Waals surface area (Å²) in [5, 5.41) is 3.89. The highest BCUT2D eigenvalue weighted by Gasteiger charge is 2.07. The van der Waals surface area contributed by atoms with Crippen LogP contribution < -0.4 is 24.4 Å². The van der Waals surface area contributed by atoms with Crippen LogP contribution in [0.4, 0.5) is 0 Å². The van der Waals surface area contributed by atoms with E-state index in [-0.39, 0.29) is 6.61 Å². The molecule has 0 fully saturated rings. The number of esters is 1. The third-order valence-electron chi connectivity index (χ3n) is 4.31. The Bertz CT molecular complexity index is 1100. The second-order valence-electron chi connectivity index (χ2n) is 6.82. The van der Waals surface area contributed by atoms with Crippen molar-refractivity contribution in [3.8, 4) is 23.0 Å². The Morgan fingerprint density at radius 3 is 2.24 bits per heavy atom. The van der Waals surface area contributed by atoms with Crippen LogP contribution in [0.1, 0.15) is 18.1 Å². The molecule has 8 heteroatoms. The lowest BCUT2D eigenvalue weighted by atomic mass is 10.2. The molecule has 3 aromatic carbocycles. The summed E-state index contributed by atoms with van der Waals surface area (Å²) in [6, 6.07) is 21.7. The van der Waals surface area contributed by atoms with E-state index in [2.05, 4.69) is 10.5 Å². The third kappa shape index (κ3) is 7.70. The van der Waals surface area contributed by atoms with Gasteiger partial charge in [0.2, 0.25) is 0 Å². The number of benzene rings is 3. The van der Waals surface area contributed by atoms with E-state index >= 15 is 0 Å². The van der Waals surface area contributed by atoms with Crippen molar-refractivity contribution in [1.29, 1.82) is 0 Å². The summed E-state index contributed by atoms with van der Waals surface area (Å²) in [4.78, 5) is 23.3. The second-order valence-corrected chi connectivity index (χ2v) is 6.82. The van der Waals surface area contributed by atoms with Crippen LogP contribution in [-0.4, -0.2) is 31.8 Å². The molecule has 0 aliphatic rings. The molecular weight excluding hydrogens is 424 g/mol. The molecule has 1 N–H and O–H groups in total. The van der Waals surface area contributed by atoms with Crippen molar-refractivity contribution >= 4 is 18.1 Å². The van der Waals surface area contributed by atoms with E-state index in [1.54, 1.807) is 42.5 Å². The van der Waals surface area contributed by atoms with Gasteiger partial charge in [-0.05, 0) is 48.0 Å². The van der Waals surface area contributed by atoms with Gasteiger partial charge in [0, 0.05) is 12.5 Å². The minimum Gasteiger partial charge on any atom is -0.497 e. The van der Waals surface area contributed by atoms with Crippen molar-refractivity contribution in [1.82, 2.24) is 5.43 Å². The number of ether oxygens (including phenoxy) is 4. The van der Waals surface area contributed by atoms with Crippen LogP contribution >= 0.6 is 0 Å². The maximum absolute atomic E-state index is 12.0. The van der Waals surface area contributed by atoms with Crippen LogP contribution in [0, 0.1) is 0 Å². The van der Waals surface area contributed by atoms with Gasteiger partial charge in [0.15, 0.2) is 6.61 Å². The average Bonchev–Trinajstić information content (AvgIpc) is 2.83. The van der Waals surface area contributed by atoms with Crippen molar-refractivity contribution < 1.29 is 28.5 Å². The van der Waals surface area contributed by atoms with E-state index in [4.69, 9.17) is 18.9 Å². The molecule has 1 amide bonds. The topological polar surface area (TPSA) is 95.5 Å². The summed E-state index contributed by atoms with van der Waals surface area (Å²) in [6.07, 6.45) is 1.36. The van der Waals surface area contributed by atoms with Gasteiger partial charge in [-0.1, -0.05) is 30.3 Å². The van der Waals surface area contributed by atoms with Gasteiger partial charge in [0.25, 0.3) is 5.91 Å². The lowest BCUT2D eigenvalue weighted by Gasteiger charge is -2.09. The molecule has 0 aliphatic carbocycles. The summed E-state index contributed by atoms with van der Waals surface area (Å²) >= 11 is 0. The van der Waals surface area contributed by atoms with E-state index in [1.807, 2.05) is 30.3 Å². The molecule has 0 aliphatic heterocycles. The van der Waals surface area contributed by atoms with Crippen molar-refractivity contribution in [2.75, 3.05) is 13.7 Å². The number of hydrogen-bond donors (Lipinski definition) is 1. The molecule has 3 aromatic rings. The highest BCUT2D eigenvalue weighted by atomic mass is 16.5. The number of methoxy groups -OCH3 is 1. The highest BCUT2D eigenvalue weighted by molar-refractivity contribution is 5.87. The maximum Gasteiger partial charge on any atom is 0.308 e. The number of carbonyl (C=O) groups excluding carboxylic acids is 2. The Morgan fingerprint density at radius 1 is 0.909 bits per heavy atom. The fourth-order valence-corrected chi connectivity index (χ4v) is 2.73. The zero-order chi connectivity index (χ0) is 23.5. The first-order valence-corrected chi connectivity index (χ1v) is 10.1. The van der Waals surface area contributed by atoms with Gasteiger partial charge >= 0.3 is 5.97 Å². The van der Waals surface area contributed by atoms with E-state index in [9.17, 15) is 9.59 Å². The molecule has 0 radical (unpaired) electrons. The molecule has 3 rings (SSSR count). The first-order chi connectivity index (χ1) is 16.0. The summed E-state index contributed by atoms with van der Waals surface area (Å²) in [5.41, 5.74) is 3.91.